The Kier molecular flexibility index (Phi) is 15.6. The molecule has 0 bridgehead atoms. The van der Waals surface area contributed by atoms with Gasteiger partial charge in [0.25, 0.3) is 5.92 Å². The number of piperazine rings is 1. The molecule has 3 N–H and O–H groups in total. The first kappa shape index (κ1) is 49.7. The lowest BCUT2D eigenvalue weighted by molar-refractivity contribution is -0.887. The van der Waals surface area contributed by atoms with Crippen molar-refractivity contribution in [2.75, 3.05) is 82.8 Å². The Balaban J connectivity index is 1.09. The van der Waals surface area contributed by atoms with E-state index in [1.54, 1.807) is 58.6 Å². The summed E-state index contributed by atoms with van der Waals surface area (Å²) in [6.07, 6.45) is -0.0958. The molecule has 2 aliphatic heterocycles. The monoisotopic (exact) mass is 925 g/mol. The van der Waals surface area contributed by atoms with Gasteiger partial charge in [-0.1, -0.05) is 11.6 Å². The topological polar surface area (TPSA) is 180 Å². The van der Waals surface area contributed by atoms with E-state index >= 15 is 8.78 Å². The molecule has 5 rings (SSSR count). The van der Waals surface area contributed by atoms with Crippen LogP contribution in [0.15, 0.2) is 41.3 Å². The van der Waals surface area contributed by atoms with Gasteiger partial charge in [0.05, 0.1) is 51.2 Å². The lowest BCUT2D eigenvalue weighted by atomic mass is 9.77. The Hall–Kier alpha value is -4.33. The van der Waals surface area contributed by atoms with Crippen LogP contribution in [0.3, 0.4) is 0 Å². The van der Waals surface area contributed by atoms with Crippen LogP contribution in [-0.4, -0.2) is 136 Å². The van der Waals surface area contributed by atoms with Gasteiger partial charge in [-0.15, -0.1) is 0 Å². The molecule has 20 heteroatoms. The highest BCUT2D eigenvalue weighted by Gasteiger charge is 2.45. The number of benzene rings is 1. The molecule has 63 heavy (non-hydrogen) atoms. The van der Waals surface area contributed by atoms with Crippen molar-refractivity contribution in [2.24, 2.45) is 11.8 Å². The highest BCUT2D eigenvalue weighted by atomic mass is 35.5. The number of rotatable bonds is 14. The summed E-state index contributed by atoms with van der Waals surface area (Å²) in [4.78, 5) is 57.6. The number of pyridine rings is 1. The van der Waals surface area contributed by atoms with Crippen molar-refractivity contribution < 1.29 is 50.3 Å². The summed E-state index contributed by atoms with van der Waals surface area (Å²) in [5.41, 5.74) is -1.06. The van der Waals surface area contributed by atoms with Crippen molar-refractivity contribution >= 4 is 57.1 Å². The van der Waals surface area contributed by atoms with Crippen LogP contribution in [-0.2, 0) is 35.0 Å². The van der Waals surface area contributed by atoms with E-state index in [0.717, 1.165) is 0 Å². The number of alkyl halides is 2. The third-order valence-corrected chi connectivity index (χ3v) is 13.5. The number of hydrogen-bond acceptors (Lipinski definition) is 10. The zero-order chi connectivity index (χ0) is 46.5. The molecule has 350 valence electrons. The number of quaternary nitrogens is 1. The van der Waals surface area contributed by atoms with E-state index in [4.69, 9.17) is 21.1 Å². The molecule has 4 amide bonds. The smallest absolute Gasteiger partial charge is 0.407 e. The Morgan fingerprint density at radius 1 is 0.857 bits per heavy atom. The molecule has 2 aromatic rings. The molecule has 1 aliphatic carbocycles. The van der Waals surface area contributed by atoms with Crippen LogP contribution < -0.4 is 25.8 Å². The summed E-state index contributed by atoms with van der Waals surface area (Å²) in [5.74, 6) is -4.78. The average Bonchev–Trinajstić information content (AvgIpc) is 3.55. The maximum atomic E-state index is 16.2. The average molecular weight is 927 g/mol. The quantitative estimate of drug-likeness (QED) is 0.162. The fourth-order valence-electron chi connectivity index (χ4n) is 7.94. The highest BCUT2D eigenvalue weighted by molar-refractivity contribution is 7.89. The maximum absolute atomic E-state index is 16.2. The van der Waals surface area contributed by atoms with Crippen LogP contribution >= 0.6 is 11.6 Å². The number of hydrogen-bond donors (Lipinski definition) is 3. The Morgan fingerprint density at radius 2 is 1.43 bits per heavy atom. The van der Waals surface area contributed by atoms with Crippen molar-refractivity contribution in [3.8, 4) is 0 Å². The lowest BCUT2D eigenvalue weighted by Crippen LogP contribution is -2.50. The summed E-state index contributed by atoms with van der Waals surface area (Å²) in [5, 5.41) is 8.32. The predicted molar refractivity (Wildman–Crippen MR) is 235 cm³/mol. The minimum Gasteiger partial charge on any atom is -0.444 e. The van der Waals surface area contributed by atoms with E-state index in [0.29, 0.717) is 49.2 Å². The van der Waals surface area contributed by atoms with Crippen molar-refractivity contribution in [1.29, 1.82) is 0 Å². The van der Waals surface area contributed by atoms with E-state index in [-0.39, 0.29) is 91.1 Å². The van der Waals surface area contributed by atoms with Crippen molar-refractivity contribution in [3.05, 3.63) is 47.1 Å². The molecule has 1 saturated carbocycles. The number of ether oxygens (including phenoxy) is 2. The highest BCUT2D eigenvalue weighted by Crippen LogP contribution is 2.46. The molecule has 3 heterocycles. The third-order valence-electron chi connectivity index (χ3n) is 11.4. The van der Waals surface area contributed by atoms with Crippen LogP contribution in [0.4, 0.5) is 29.9 Å². The van der Waals surface area contributed by atoms with Gasteiger partial charge in [-0.3, -0.25) is 9.59 Å². The van der Waals surface area contributed by atoms with Crippen molar-refractivity contribution in [3.63, 3.8) is 0 Å². The number of nitrogens with one attached hydrogen (secondary N) is 3. The maximum Gasteiger partial charge on any atom is 0.407 e. The second-order valence-corrected chi connectivity index (χ2v) is 21.6. The normalized spacial score (nSPS) is 20.6. The molecular formula is C43H64ClF2N8O8S+. The van der Waals surface area contributed by atoms with E-state index < -0.39 is 51.3 Å². The van der Waals surface area contributed by atoms with Crippen LogP contribution in [0.5, 0.6) is 0 Å². The number of alkyl carbamates (subject to hydrolysis) is 2. The zero-order valence-electron chi connectivity index (χ0n) is 37.6. The second-order valence-electron chi connectivity index (χ2n) is 19.2. The summed E-state index contributed by atoms with van der Waals surface area (Å²) in [6, 6.07) is 8.00. The van der Waals surface area contributed by atoms with Gasteiger partial charge in [-0.25, -0.2) is 31.8 Å². The first-order valence-corrected chi connectivity index (χ1v) is 23.3. The summed E-state index contributed by atoms with van der Waals surface area (Å²) >= 11 is 6.32. The molecule has 3 aliphatic rings. The standard InChI is InChI=1S/C43H63ClF2N8O8S/c1-41(2,3)61-39(57)48-18-24-54(7,8)23-17-47-38(56)29-9-11-30(12-10-29)43(45,46)31-25-35(44)50-36(26-31)51-19-21-52(22-20-51)63(59,60)34-15-13-33(14-16-34)53-28-32(27-37(53)55)49-40(58)62-42(4,5)6/h13-16,25-26,29-30,32H,9-12,17-24,27-28H2,1-8H3,(H2-,47,48,49,56,57,58)/p+1/t29?,30?,32-/m1/s1. The van der Waals surface area contributed by atoms with E-state index in [1.807, 2.05) is 14.1 Å². The molecule has 0 spiro atoms. The largest absolute Gasteiger partial charge is 0.444 e. The van der Waals surface area contributed by atoms with Gasteiger partial charge >= 0.3 is 12.2 Å². The van der Waals surface area contributed by atoms with E-state index in [9.17, 15) is 27.6 Å². The van der Waals surface area contributed by atoms with Crippen molar-refractivity contribution in [1.82, 2.24) is 25.2 Å². The molecule has 3 fully saturated rings. The molecule has 1 atom stereocenters. The Morgan fingerprint density at radius 3 is 2.02 bits per heavy atom. The Labute approximate surface area is 375 Å². The molecule has 16 nitrogen and oxygen atoms in total. The van der Waals surface area contributed by atoms with Crippen LogP contribution in [0.25, 0.3) is 0 Å². The zero-order valence-corrected chi connectivity index (χ0v) is 39.2. The van der Waals surface area contributed by atoms with Crippen LogP contribution in [0, 0.1) is 11.8 Å². The fraction of sp³-hybridized carbons (Fsp3) is 0.651. The minimum atomic E-state index is -3.94. The number of sulfonamides is 1. The molecular weight excluding hydrogens is 862 g/mol. The Bertz CT molecular complexity index is 2070. The van der Waals surface area contributed by atoms with E-state index in [1.165, 1.54) is 33.5 Å². The van der Waals surface area contributed by atoms with Gasteiger partial charge in [0.2, 0.25) is 21.8 Å². The van der Waals surface area contributed by atoms with Gasteiger partial charge in [-0.05, 0) is 104 Å². The SMILES string of the molecule is CC(C)(C)OC(=O)NCC[N+](C)(C)CCNC(=O)C1CCC(C(F)(F)c2cc(Cl)nc(N3CCN(S(=O)(=O)c4ccc(N5C[C@H](NC(=O)OC(C)(C)C)CC5=O)cc4)CC3)c2)CC1. The van der Waals surface area contributed by atoms with Gasteiger partial charge in [-0.2, -0.15) is 4.31 Å². The number of nitrogens with zero attached hydrogens (tertiary/aromatic N) is 5. The molecule has 1 aromatic heterocycles. The summed E-state index contributed by atoms with van der Waals surface area (Å²) in [6.45, 7) is 13.4. The van der Waals surface area contributed by atoms with Crippen LogP contribution in [0.2, 0.25) is 5.15 Å². The number of aromatic nitrogens is 1. The summed E-state index contributed by atoms with van der Waals surface area (Å²) in [7, 11) is 0.0492. The van der Waals surface area contributed by atoms with Crippen LogP contribution in [0.1, 0.15) is 79.2 Å². The first-order valence-electron chi connectivity index (χ1n) is 21.5. The predicted octanol–water partition coefficient (Wildman–Crippen LogP) is 5.49. The van der Waals surface area contributed by atoms with Gasteiger partial charge in [0.1, 0.15) is 22.2 Å². The number of carbonyl (C=O) groups is 4. The van der Waals surface area contributed by atoms with Gasteiger partial charge in [0.15, 0.2) is 0 Å². The second kappa shape index (κ2) is 19.8. The fourth-order valence-corrected chi connectivity index (χ4v) is 9.56. The lowest BCUT2D eigenvalue weighted by Gasteiger charge is -2.36. The molecule has 0 unspecified atom stereocenters. The summed E-state index contributed by atoms with van der Waals surface area (Å²) < 4.78 is 72.1. The van der Waals surface area contributed by atoms with Gasteiger partial charge < -0.3 is 39.7 Å². The number of halogens is 3. The minimum absolute atomic E-state index is 0.0366. The molecule has 0 radical (unpaired) electrons. The third kappa shape index (κ3) is 13.8. The first-order chi connectivity index (χ1) is 29.2. The molecule has 2 saturated heterocycles. The van der Waals surface area contributed by atoms with Crippen molar-refractivity contribution in [2.45, 2.75) is 102 Å². The number of likely N-dealkylation sites (N-methyl/N-ethyl adjacent to an activating group) is 1. The molecule has 1 aromatic carbocycles. The number of carbonyl (C=O) groups excluding carboxylic acids is 4. The number of amides is 4. The van der Waals surface area contributed by atoms with Gasteiger partial charge in [0, 0.05) is 62.2 Å². The number of anilines is 2. The van der Waals surface area contributed by atoms with E-state index in [2.05, 4.69) is 20.9 Å².